The first-order chi connectivity index (χ1) is 9.97. The summed E-state index contributed by atoms with van der Waals surface area (Å²) in [4.78, 5) is 22.6. The highest BCUT2D eigenvalue weighted by Gasteiger charge is 2.15. The van der Waals surface area contributed by atoms with Gasteiger partial charge < -0.3 is 25.8 Å². The molecule has 0 saturated carbocycles. The van der Waals surface area contributed by atoms with Crippen LogP contribution in [0.1, 0.15) is 20.8 Å². The van der Waals surface area contributed by atoms with E-state index in [0.717, 1.165) is 0 Å². The van der Waals surface area contributed by atoms with Crippen LogP contribution in [0.2, 0.25) is 0 Å². The second kappa shape index (κ2) is 7.98. The van der Waals surface area contributed by atoms with Gasteiger partial charge in [0.1, 0.15) is 6.04 Å². The Morgan fingerprint density at radius 2 is 1.81 bits per heavy atom. The number of carbonyl (C=O) groups excluding carboxylic acids is 2. The lowest BCUT2D eigenvalue weighted by Crippen LogP contribution is -2.44. The molecule has 4 N–H and O–H groups in total. The maximum absolute atomic E-state index is 11.9. The number of urea groups is 1. The van der Waals surface area contributed by atoms with Crippen LogP contribution in [0.4, 0.5) is 10.5 Å². The molecular weight excluding hydrogens is 274 g/mol. The number of anilines is 1. The molecule has 0 aliphatic carbocycles. The summed E-state index contributed by atoms with van der Waals surface area (Å²) in [5.41, 5.74) is 5.52. The number of amides is 3. The number of rotatable bonds is 7. The molecule has 0 aliphatic rings. The molecule has 1 aromatic carbocycles. The van der Waals surface area contributed by atoms with Gasteiger partial charge in [-0.25, -0.2) is 4.79 Å². The zero-order valence-corrected chi connectivity index (χ0v) is 12.4. The van der Waals surface area contributed by atoms with Gasteiger partial charge in [-0.2, -0.15) is 0 Å². The lowest BCUT2D eigenvalue weighted by Gasteiger charge is -2.15. The van der Waals surface area contributed by atoms with Crippen molar-refractivity contribution in [2.24, 2.45) is 5.73 Å². The predicted octanol–water partition coefficient (Wildman–Crippen LogP) is 1.48. The number of primary amides is 1. The van der Waals surface area contributed by atoms with Gasteiger partial charge in [-0.15, -0.1) is 0 Å². The smallest absolute Gasteiger partial charge is 0.312 e. The van der Waals surface area contributed by atoms with E-state index in [1.807, 2.05) is 13.8 Å². The van der Waals surface area contributed by atoms with Crippen molar-refractivity contribution in [3.8, 4) is 11.5 Å². The molecule has 1 atom stereocenters. The Bertz CT molecular complexity index is 505. The summed E-state index contributed by atoms with van der Waals surface area (Å²) in [5.74, 6) is 0.786. The van der Waals surface area contributed by atoms with Crippen LogP contribution in [0.25, 0.3) is 0 Å². The van der Waals surface area contributed by atoms with Gasteiger partial charge in [-0.05, 0) is 32.9 Å². The Morgan fingerprint density at radius 3 is 2.38 bits per heavy atom. The van der Waals surface area contributed by atoms with Crippen molar-refractivity contribution in [1.82, 2.24) is 5.32 Å². The maximum Gasteiger partial charge on any atom is 0.312 e. The summed E-state index contributed by atoms with van der Waals surface area (Å²) in [6.07, 6.45) is 0. The SMILES string of the molecule is CCOc1ccc(NC(=O)C(C)NC(N)=O)cc1OCC. The molecular formula is C14H21N3O4. The average molecular weight is 295 g/mol. The van der Waals surface area contributed by atoms with E-state index >= 15 is 0 Å². The van der Waals surface area contributed by atoms with Crippen LogP contribution < -0.4 is 25.8 Å². The van der Waals surface area contributed by atoms with Crippen LogP contribution in [0.3, 0.4) is 0 Å². The highest BCUT2D eigenvalue weighted by atomic mass is 16.5. The fourth-order valence-electron chi connectivity index (χ4n) is 1.66. The van der Waals surface area contributed by atoms with Crippen molar-refractivity contribution in [3.63, 3.8) is 0 Å². The number of ether oxygens (including phenoxy) is 2. The Labute approximate surface area is 123 Å². The summed E-state index contributed by atoms with van der Waals surface area (Å²) in [6.45, 7) is 6.28. The number of nitrogens with one attached hydrogen (secondary N) is 2. The molecule has 0 aliphatic heterocycles. The Morgan fingerprint density at radius 1 is 1.19 bits per heavy atom. The van der Waals surface area contributed by atoms with E-state index in [1.54, 1.807) is 18.2 Å². The monoisotopic (exact) mass is 295 g/mol. The molecule has 1 rings (SSSR count). The van der Waals surface area contributed by atoms with E-state index in [4.69, 9.17) is 15.2 Å². The lowest BCUT2D eigenvalue weighted by atomic mass is 10.2. The first kappa shape index (κ1) is 16.6. The molecule has 0 spiro atoms. The lowest BCUT2D eigenvalue weighted by molar-refractivity contribution is -0.117. The van der Waals surface area contributed by atoms with Gasteiger partial charge in [0.15, 0.2) is 11.5 Å². The summed E-state index contributed by atoms with van der Waals surface area (Å²) in [7, 11) is 0. The van der Waals surface area contributed by atoms with Gasteiger partial charge in [0, 0.05) is 11.8 Å². The minimum absolute atomic E-state index is 0.375. The number of benzene rings is 1. The number of hydrogen-bond donors (Lipinski definition) is 3. The molecule has 0 heterocycles. The highest BCUT2D eigenvalue weighted by molar-refractivity contribution is 5.96. The van der Waals surface area contributed by atoms with Crippen molar-refractivity contribution in [2.75, 3.05) is 18.5 Å². The summed E-state index contributed by atoms with van der Waals surface area (Å²) < 4.78 is 10.9. The van der Waals surface area contributed by atoms with Gasteiger partial charge >= 0.3 is 6.03 Å². The molecule has 0 bridgehead atoms. The van der Waals surface area contributed by atoms with Crippen molar-refractivity contribution in [3.05, 3.63) is 18.2 Å². The molecule has 7 nitrogen and oxygen atoms in total. The second-order valence-corrected chi connectivity index (χ2v) is 4.25. The third-order valence-corrected chi connectivity index (χ3v) is 2.56. The van der Waals surface area contributed by atoms with E-state index in [-0.39, 0.29) is 5.91 Å². The number of hydrogen-bond acceptors (Lipinski definition) is 4. The first-order valence-electron chi connectivity index (χ1n) is 6.74. The molecule has 0 saturated heterocycles. The zero-order chi connectivity index (χ0) is 15.8. The van der Waals surface area contributed by atoms with Gasteiger partial charge in [0.25, 0.3) is 0 Å². The molecule has 1 unspecified atom stereocenters. The Kier molecular flexibility index (Phi) is 6.32. The fourth-order valence-corrected chi connectivity index (χ4v) is 1.66. The number of carbonyl (C=O) groups is 2. The fraction of sp³-hybridized carbons (Fsp3) is 0.429. The van der Waals surface area contributed by atoms with Crippen LogP contribution >= 0.6 is 0 Å². The van der Waals surface area contributed by atoms with Gasteiger partial charge in [-0.3, -0.25) is 4.79 Å². The molecule has 3 amide bonds. The first-order valence-corrected chi connectivity index (χ1v) is 6.74. The van der Waals surface area contributed by atoms with Crippen LogP contribution in [-0.4, -0.2) is 31.2 Å². The molecule has 1 aromatic rings. The summed E-state index contributed by atoms with van der Waals surface area (Å²) in [6, 6.07) is 3.60. The van der Waals surface area contributed by atoms with Gasteiger partial charge in [0.05, 0.1) is 13.2 Å². The third-order valence-electron chi connectivity index (χ3n) is 2.56. The molecule has 7 heteroatoms. The van der Waals surface area contributed by atoms with E-state index in [9.17, 15) is 9.59 Å². The van der Waals surface area contributed by atoms with Crippen LogP contribution in [0.5, 0.6) is 11.5 Å². The maximum atomic E-state index is 11.9. The highest BCUT2D eigenvalue weighted by Crippen LogP contribution is 2.30. The van der Waals surface area contributed by atoms with Crippen LogP contribution in [0, 0.1) is 0 Å². The molecule has 21 heavy (non-hydrogen) atoms. The third kappa shape index (κ3) is 5.21. The quantitative estimate of drug-likeness (QED) is 0.709. The van der Waals surface area contributed by atoms with Crippen molar-refractivity contribution < 1.29 is 19.1 Å². The predicted molar refractivity (Wildman–Crippen MR) is 79.6 cm³/mol. The normalized spacial score (nSPS) is 11.4. The minimum Gasteiger partial charge on any atom is -0.490 e. The Balaban J connectivity index is 2.81. The molecule has 0 fully saturated rings. The van der Waals surface area contributed by atoms with E-state index in [0.29, 0.717) is 30.4 Å². The van der Waals surface area contributed by atoms with Gasteiger partial charge in [0.2, 0.25) is 5.91 Å². The van der Waals surface area contributed by atoms with Crippen molar-refractivity contribution in [1.29, 1.82) is 0 Å². The summed E-state index contributed by atoms with van der Waals surface area (Å²) >= 11 is 0. The van der Waals surface area contributed by atoms with Crippen LogP contribution in [0.15, 0.2) is 18.2 Å². The van der Waals surface area contributed by atoms with E-state index in [2.05, 4.69) is 10.6 Å². The van der Waals surface area contributed by atoms with E-state index < -0.39 is 12.1 Å². The van der Waals surface area contributed by atoms with Crippen LogP contribution in [-0.2, 0) is 4.79 Å². The molecule has 0 radical (unpaired) electrons. The largest absolute Gasteiger partial charge is 0.490 e. The molecule has 0 aromatic heterocycles. The topological polar surface area (TPSA) is 103 Å². The minimum atomic E-state index is -0.751. The zero-order valence-electron chi connectivity index (χ0n) is 12.4. The molecule has 116 valence electrons. The average Bonchev–Trinajstić information content (AvgIpc) is 2.41. The van der Waals surface area contributed by atoms with Crippen molar-refractivity contribution >= 4 is 17.6 Å². The van der Waals surface area contributed by atoms with E-state index in [1.165, 1.54) is 6.92 Å². The summed E-state index contributed by atoms with van der Waals surface area (Å²) in [5, 5.41) is 4.98. The second-order valence-electron chi connectivity index (χ2n) is 4.25. The standard InChI is InChI=1S/C14H21N3O4/c1-4-20-11-7-6-10(8-12(11)21-5-2)17-13(18)9(3)16-14(15)19/h6-9H,4-5H2,1-3H3,(H,17,18)(H3,15,16,19). The van der Waals surface area contributed by atoms with Crippen molar-refractivity contribution in [2.45, 2.75) is 26.8 Å². The van der Waals surface area contributed by atoms with Gasteiger partial charge in [-0.1, -0.05) is 0 Å². The number of nitrogens with two attached hydrogens (primary N) is 1. The Hall–Kier alpha value is -2.44.